The molecule has 0 aromatic carbocycles. The highest BCUT2D eigenvalue weighted by molar-refractivity contribution is 5.45. The Hall–Kier alpha value is -1.18. The number of rotatable bonds is 1. The largest absolute Gasteiger partial charge is 0.238 e. The van der Waals surface area contributed by atoms with Gasteiger partial charge in [0.25, 0.3) is 0 Å². The monoisotopic (exact) mass is 182 g/mol. The molecule has 1 atom stereocenters. The molecule has 0 saturated heterocycles. The van der Waals surface area contributed by atoms with Crippen LogP contribution >= 0.6 is 0 Å². The lowest BCUT2D eigenvalue weighted by Crippen LogP contribution is -1.89. The Morgan fingerprint density at radius 2 is 2.15 bits per heavy atom. The number of hydrogen-bond acceptors (Lipinski definition) is 0. The van der Waals surface area contributed by atoms with Gasteiger partial charge in [-0.2, -0.15) is 0 Å². The van der Waals surface area contributed by atoms with E-state index in [1.165, 1.54) is 18.2 Å². The van der Waals surface area contributed by atoms with Crippen molar-refractivity contribution in [3.05, 3.63) is 47.4 Å². The Morgan fingerprint density at radius 1 is 1.46 bits per heavy atom. The van der Waals surface area contributed by atoms with Crippen molar-refractivity contribution in [2.75, 3.05) is 0 Å². The molecule has 0 N–H and O–H groups in total. The minimum absolute atomic E-state index is 0.371. The Labute approximate surface area is 77.0 Å². The van der Waals surface area contributed by atoms with Crippen LogP contribution in [0.25, 0.3) is 0 Å². The lowest BCUT2D eigenvalue weighted by Gasteiger charge is -2.01. The molecular weight excluding hydrogens is 170 g/mol. The van der Waals surface area contributed by atoms with E-state index in [1.807, 2.05) is 6.92 Å². The van der Waals surface area contributed by atoms with Crippen LogP contribution in [-0.4, -0.2) is 6.17 Å². The van der Waals surface area contributed by atoms with Crippen LogP contribution in [0.3, 0.4) is 0 Å². The van der Waals surface area contributed by atoms with Gasteiger partial charge in [0, 0.05) is 0 Å². The summed E-state index contributed by atoms with van der Waals surface area (Å²) < 4.78 is 26.1. The minimum atomic E-state index is -1.20. The highest BCUT2D eigenvalue weighted by Gasteiger charge is 2.09. The Kier molecular flexibility index (Phi) is 3.18. The van der Waals surface area contributed by atoms with Gasteiger partial charge in [0.15, 0.2) is 0 Å². The third-order valence-electron chi connectivity index (χ3n) is 1.90. The molecule has 0 nitrogen and oxygen atoms in total. The average Bonchev–Trinajstić information content (AvgIpc) is 2.21. The SMILES string of the molecule is C/C=C\C1=CC(F)C=CC(F)=C1C. The van der Waals surface area contributed by atoms with Crippen molar-refractivity contribution >= 4 is 0 Å². The summed E-state index contributed by atoms with van der Waals surface area (Å²) in [6.45, 7) is 3.46. The fourth-order valence-corrected chi connectivity index (χ4v) is 1.15. The maximum Gasteiger partial charge on any atom is 0.138 e. The summed E-state index contributed by atoms with van der Waals surface area (Å²) in [5.74, 6) is -0.371. The number of allylic oxidation sites excluding steroid dienone is 8. The lowest BCUT2D eigenvalue weighted by atomic mass is 10.1. The molecule has 1 aliphatic carbocycles. The van der Waals surface area contributed by atoms with Crippen molar-refractivity contribution < 1.29 is 8.78 Å². The maximum atomic E-state index is 13.1. The van der Waals surface area contributed by atoms with E-state index in [9.17, 15) is 8.78 Å². The topological polar surface area (TPSA) is 0 Å². The van der Waals surface area contributed by atoms with Crippen LogP contribution in [0, 0.1) is 0 Å². The summed E-state index contributed by atoms with van der Waals surface area (Å²) in [6, 6.07) is 0. The van der Waals surface area contributed by atoms with Gasteiger partial charge in [-0.1, -0.05) is 12.2 Å². The van der Waals surface area contributed by atoms with E-state index in [0.29, 0.717) is 11.1 Å². The molecule has 0 spiro atoms. The second-order valence-corrected chi connectivity index (χ2v) is 2.90. The average molecular weight is 182 g/mol. The second kappa shape index (κ2) is 4.17. The van der Waals surface area contributed by atoms with Crippen LogP contribution in [0.4, 0.5) is 8.78 Å². The molecule has 2 heteroatoms. The quantitative estimate of drug-likeness (QED) is 0.580. The van der Waals surface area contributed by atoms with Crippen LogP contribution in [0.5, 0.6) is 0 Å². The Bertz CT molecular complexity index is 306. The molecule has 0 bridgehead atoms. The van der Waals surface area contributed by atoms with E-state index in [0.717, 1.165) is 0 Å². The van der Waals surface area contributed by atoms with Crippen molar-refractivity contribution in [1.82, 2.24) is 0 Å². The molecular formula is C11H12F2. The van der Waals surface area contributed by atoms with Gasteiger partial charge in [-0.05, 0) is 43.2 Å². The zero-order chi connectivity index (χ0) is 9.84. The Balaban J connectivity index is 3.10. The van der Waals surface area contributed by atoms with Gasteiger partial charge >= 0.3 is 0 Å². The summed E-state index contributed by atoms with van der Waals surface area (Å²) >= 11 is 0. The molecule has 0 aromatic heterocycles. The second-order valence-electron chi connectivity index (χ2n) is 2.90. The van der Waals surface area contributed by atoms with Gasteiger partial charge < -0.3 is 0 Å². The van der Waals surface area contributed by atoms with Gasteiger partial charge in [-0.3, -0.25) is 0 Å². The molecule has 0 saturated carbocycles. The van der Waals surface area contributed by atoms with Crippen LogP contribution in [0.2, 0.25) is 0 Å². The van der Waals surface area contributed by atoms with E-state index in [4.69, 9.17) is 0 Å². The standard InChI is InChI=1S/C11H12F2/c1-3-4-9-7-10(12)5-6-11(13)8(9)2/h3-7,10H,1-2H3/b4-3-. The van der Waals surface area contributed by atoms with Crippen LogP contribution in [0.1, 0.15) is 13.8 Å². The van der Waals surface area contributed by atoms with Crippen molar-refractivity contribution in [1.29, 1.82) is 0 Å². The van der Waals surface area contributed by atoms with Crippen molar-refractivity contribution in [2.24, 2.45) is 0 Å². The zero-order valence-corrected chi connectivity index (χ0v) is 7.72. The molecule has 0 radical (unpaired) electrons. The molecule has 0 aliphatic heterocycles. The summed E-state index contributed by atoms with van der Waals surface area (Å²) in [7, 11) is 0. The van der Waals surface area contributed by atoms with Crippen molar-refractivity contribution in [3.8, 4) is 0 Å². The smallest absolute Gasteiger partial charge is 0.138 e. The molecule has 1 aliphatic rings. The maximum absolute atomic E-state index is 13.1. The first-order valence-electron chi connectivity index (χ1n) is 4.18. The summed E-state index contributed by atoms with van der Waals surface area (Å²) in [5, 5.41) is 0. The summed E-state index contributed by atoms with van der Waals surface area (Å²) in [4.78, 5) is 0. The lowest BCUT2D eigenvalue weighted by molar-refractivity contribution is 0.468. The van der Waals surface area contributed by atoms with Gasteiger partial charge in [-0.15, -0.1) is 0 Å². The van der Waals surface area contributed by atoms with E-state index in [1.54, 1.807) is 19.1 Å². The molecule has 1 unspecified atom stereocenters. The molecule has 0 amide bonds. The molecule has 1 rings (SSSR count). The van der Waals surface area contributed by atoms with E-state index < -0.39 is 6.17 Å². The molecule has 0 fully saturated rings. The van der Waals surface area contributed by atoms with Gasteiger partial charge in [-0.25, -0.2) is 8.78 Å². The van der Waals surface area contributed by atoms with Crippen LogP contribution < -0.4 is 0 Å². The van der Waals surface area contributed by atoms with Crippen LogP contribution in [-0.2, 0) is 0 Å². The summed E-state index contributed by atoms with van der Waals surface area (Å²) in [5.41, 5.74) is 1.09. The molecule has 70 valence electrons. The van der Waals surface area contributed by atoms with E-state index in [-0.39, 0.29) is 5.83 Å². The first kappa shape index (κ1) is 9.90. The fourth-order valence-electron chi connectivity index (χ4n) is 1.15. The first-order valence-corrected chi connectivity index (χ1v) is 4.18. The first-order chi connectivity index (χ1) is 6.15. The molecule has 0 heterocycles. The minimum Gasteiger partial charge on any atom is -0.238 e. The summed E-state index contributed by atoms with van der Waals surface area (Å²) in [6.07, 6.45) is 6.05. The fraction of sp³-hybridized carbons (Fsp3) is 0.273. The van der Waals surface area contributed by atoms with E-state index >= 15 is 0 Å². The number of halogens is 2. The van der Waals surface area contributed by atoms with Gasteiger partial charge in [0.05, 0.1) is 0 Å². The van der Waals surface area contributed by atoms with Crippen molar-refractivity contribution in [3.63, 3.8) is 0 Å². The van der Waals surface area contributed by atoms with Crippen molar-refractivity contribution in [2.45, 2.75) is 20.0 Å². The van der Waals surface area contributed by atoms with Crippen LogP contribution in [0.15, 0.2) is 47.4 Å². The predicted molar refractivity (Wildman–Crippen MR) is 50.7 cm³/mol. The predicted octanol–water partition coefficient (Wildman–Crippen LogP) is 3.64. The van der Waals surface area contributed by atoms with Gasteiger partial charge in [0.2, 0.25) is 0 Å². The van der Waals surface area contributed by atoms with E-state index in [2.05, 4.69) is 0 Å². The Morgan fingerprint density at radius 3 is 2.77 bits per heavy atom. The molecule has 13 heavy (non-hydrogen) atoms. The van der Waals surface area contributed by atoms with Gasteiger partial charge in [0.1, 0.15) is 12.0 Å². The highest BCUT2D eigenvalue weighted by Crippen LogP contribution is 2.22. The zero-order valence-electron chi connectivity index (χ0n) is 7.72. The normalized spacial score (nSPS) is 23.7. The molecule has 0 aromatic rings. The number of alkyl halides is 1. The number of hydrogen-bond donors (Lipinski definition) is 0. The highest BCUT2D eigenvalue weighted by atomic mass is 19.1. The third kappa shape index (κ3) is 2.38. The third-order valence-corrected chi connectivity index (χ3v) is 1.90.